The monoisotopic (exact) mass is 532 g/mol. The highest BCUT2D eigenvalue weighted by atomic mass is 35.5. The lowest BCUT2D eigenvalue weighted by Crippen LogP contribution is -2.62. The molecular formula is C25H24ClF3N6O2. The summed E-state index contributed by atoms with van der Waals surface area (Å²) < 4.78 is 46.1. The van der Waals surface area contributed by atoms with Crippen LogP contribution in [0.4, 0.5) is 23.8 Å². The Hall–Kier alpha value is -3.34. The maximum atomic E-state index is 13.2. The number of anilines is 1. The van der Waals surface area contributed by atoms with Crippen LogP contribution in [0.25, 0.3) is 5.69 Å². The average Bonchev–Trinajstić information content (AvgIpc) is 3.16. The van der Waals surface area contributed by atoms with Gasteiger partial charge in [0.1, 0.15) is 30.8 Å². The summed E-state index contributed by atoms with van der Waals surface area (Å²) in [4.78, 5) is 20.4. The fourth-order valence-corrected chi connectivity index (χ4v) is 5.84. The molecule has 8 nitrogen and oxygen atoms in total. The van der Waals surface area contributed by atoms with Crippen molar-refractivity contribution < 1.29 is 22.7 Å². The number of rotatable bonds is 5. The normalized spacial score (nSPS) is 18.2. The van der Waals surface area contributed by atoms with Crippen molar-refractivity contribution in [3.05, 3.63) is 64.6 Å². The molecule has 0 radical (unpaired) electrons. The highest BCUT2D eigenvalue weighted by molar-refractivity contribution is 6.30. The number of hydrogen-bond donors (Lipinski definition) is 0. The summed E-state index contributed by atoms with van der Waals surface area (Å²) in [5, 5.41) is 9.38. The number of pyridine rings is 1. The van der Waals surface area contributed by atoms with Gasteiger partial charge >= 0.3 is 6.09 Å². The Kier molecular flexibility index (Phi) is 5.97. The van der Waals surface area contributed by atoms with Crippen molar-refractivity contribution in [1.29, 1.82) is 0 Å². The van der Waals surface area contributed by atoms with Gasteiger partial charge in [0.05, 0.1) is 25.0 Å². The van der Waals surface area contributed by atoms with Crippen LogP contribution in [0.3, 0.4) is 0 Å². The summed E-state index contributed by atoms with van der Waals surface area (Å²) >= 11 is 6.26. The Bertz CT molecular complexity index is 1320. The summed E-state index contributed by atoms with van der Waals surface area (Å²) in [5.41, 5.74) is 1.73. The fourth-order valence-electron chi connectivity index (χ4n) is 5.65. The zero-order chi connectivity index (χ0) is 25.7. The number of aromatic nitrogens is 4. The van der Waals surface area contributed by atoms with Crippen molar-refractivity contribution in [3.8, 4) is 5.69 Å². The van der Waals surface area contributed by atoms with Crippen LogP contribution in [0.2, 0.25) is 5.02 Å². The molecule has 0 atom stereocenters. The summed E-state index contributed by atoms with van der Waals surface area (Å²) in [5.74, 6) is 1.94. The molecule has 1 aromatic carbocycles. The van der Waals surface area contributed by atoms with Gasteiger partial charge in [-0.2, -0.15) is 0 Å². The first-order valence-electron chi connectivity index (χ1n) is 12.0. The molecule has 12 heteroatoms. The zero-order valence-corrected chi connectivity index (χ0v) is 20.5. The lowest BCUT2D eigenvalue weighted by Gasteiger charge is -2.59. The molecule has 1 amide bonds. The number of benzene rings is 1. The summed E-state index contributed by atoms with van der Waals surface area (Å²) in [7, 11) is 0. The van der Waals surface area contributed by atoms with Gasteiger partial charge in [0.2, 0.25) is 0 Å². The van der Waals surface area contributed by atoms with Gasteiger partial charge in [-0.15, -0.1) is 10.2 Å². The van der Waals surface area contributed by atoms with Crippen molar-refractivity contribution in [2.75, 3.05) is 31.3 Å². The van der Waals surface area contributed by atoms with Gasteiger partial charge in [-0.3, -0.25) is 9.47 Å². The Morgan fingerprint density at radius 1 is 1.14 bits per heavy atom. The number of ether oxygens (including phenoxy) is 1. The third-order valence-electron chi connectivity index (χ3n) is 7.41. The van der Waals surface area contributed by atoms with E-state index in [0.717, 1.165) is 48.8 Å². The van der Waals surface area contributed by atoms with Gasteiger partial charge in [-0.1, -0.05) is 11.6 Å². The summed E-state index contributed by atoms with van der Waals surface area (Å²) in [6, 6.07) is 8.51. The molecule has 1 aliphatic carbocycles. The zero-order valence-electron chi connectivity index (χ0n) is 19.8. The predicted molar refractivity (Wildman–Crippen MR) is 129 cm³/mol. The van der Waals surface area contributed by atoms with E-state index in [1.165, 1.54) is 17.2 Å². The number of carbonyl (C=O) groups is 1. The first-order valence-corrected chi connectivity index (χ1v) is 12.4. The molecule has 0 bridgehead atoms. The maximum absolute atomic E-state index is 13.2. The highest BCUT2D eigenvalue weighted by Crippen LogP contribution is 2.56. The predicted octanol–water partition coefficient (Wildman–Crippen LogP) is 4.60. The van der Waals surface area contributed by atoms with E-state index in [0.29, 0.717) is 10.8 Å². The molecule has 1 spiro atoms. The topological polar surface area (TPSA) is 76.4 Å². The van der Waals surface area contributed by atoms with Crippen molar-refractivity contribution in [1.82, 2.24) is 24.6 Å². The van der Waals surface area contributed by atoms with Crippen molar-refractivity contribution in [2.45, 2.75) is 38.0 Å². The molecule has 1 saturated heterocycles. The van der Waals surface area contributed by atoms with E-state index < -0.39 is 25.5 Å². The number of nitrogens with zero attached hydrogens (tertiary/aromatic N) is 6. The molecule has 1 saturated carbocycles. The van der Waals surface area contributed by atoms with Crippen LogP contribution in [0.15, 0.2) is 36.5 Å². The van der Waals surface area contributed by atoms with E-state index in [4.69, 9.17) is 16.3 Å². The van der Waals surface area contributed by atoms with E-state index in [9.17, 15) is 18.0 Å². The number of hydrogen-bond acceptors (Lipinski definition) is 6. The van der Waals surface area contributed by atoms with Crippen LogP contribution >= 0.6 is 11.6 Å². The molecule has 2 aromatic heterocycles. The first-order chi connectivity index (χ1) is 17.9. The third kappa shape index (κ3) is 4.28. The SMILES string of the molecule is O=C(OC(CF)CF)N1Cc2cc(Cl)ccc2-n2c(nnc2C2CC3(C2)CN(c2ccc(F)cn2)C3)C1. The van der Waals surface area contributed by atoms with Crippen LogP contribution in [0.5, 0.6) is 0 Å². The van der Waals surface area contributed by atoms with E-state index >= 15 is 0 Å². The molecule has 2 fully saturated rings. The largest absolute Gasteiger partial charge is 0.440 e. The second-order valence-electron chi connectivity index (χ2n) is 10.0. The number of fused-ring (bicyclic) bond motifs is 3. The molecule has 4 heterocycles. The van der Waals surface area contributed by atoms with Gasteiger partial charge in [0.25, 0.3) is 0 Å². The second-order valence-corrected chi connectivity index (χ2v) is 10.5. The molecular weight excluding hydrogens is 509 g/mol. The third-order valence-corrected chi connectivity index (χ3v) is 7.65. The molecule has 3 aromatic rings. The molecule has 37 heavy (non-hydrogen) atoms. The minimum Gasteiger partial charge on any atom is -0.440 e. The maximum Gasteiger partial charge on any atom is 0.410 e. The van der Waals surface area contributed by atoms with Crippen molar-refractivity contribution in [2.24, 2.45) is 5.41 Å². The Labute approximate surface area is 216 Å². The van der Waals surface area contributed by atoms with Gasteiger partial charge in [-0.05, 0) is 48.7 Å². The van der Waals surface area contributed by atoms with E-state index in [1.54, 1.807) is 18.2 Å². The molecule has 2 aliphatic heterocycles. The molecule has 6 rings (SSSR count). The van der Waals surface area contributed by atoms with Crippen molar-refractivity contribution >= 4 is 23.5 Å². The van der Waals surface area contributed by atoms with Crippen LogP contribution < -0.4 is 4.90 Å². The van der Waals surface area contributed by atoms with Crippen LogP contribution in [0.1, 0.15) is 36.0 Å². The summed E-state index contributed by atoms with van der Waals surface area (Å²) in [6.07, 6.45) is 0.809. The number of amides is 1. The number of carbonyl (C=O) groups excluding carboxylic acids is 1. The summed E-state index contributed by atoms with van der Waals surface area (Å²) in [6.45, 7) is -0.283. The van der Waals surface area contributed by atoms with E-state index in [-0.39, 0.29) is 30.2 Å². The van der Waals surface area contributed by atoms with Crippen molar-refractivity contribution in [3.63, 3.8) is 0 Å². The minimum atomic E-state index is -1.44. The van der Waals surface area contributed by atoms with Gasteiger partial charge in [-0.25, -0.2) is 22.9 Å². The molecule has 3 aliphatic rings. The smallest absolute Gasteiger partial charge is 0.410 e. The van der Waals surface area contributed by atoms with E-state index in [1.807, 2.05) is 10.6 Å². The van der Waals surface area contributed by atoms with Gasteiger partial charge in [0.15, 0.2) is 11.9 Å². The number of alkyl halides is 2. The van der Waals surface area contributed by atoms with Crippen LogP contribution in [-0.4, -0.2) is 63.3 Å². The Balaban J connectivity index is 1.22. The van der Waals surface area contributed by atoms with Crippen LogP contribution in [-0.2, 0) is 17.8 Å². The average molecular weight is 533 g/mol. The molecule has 194 valence electrons. The lowest BCUT2D eigenvalue weighted by molar-refractivity contribution is 0.0354. The van der Waals surface area contributed by atoms with Gasteiger partial charge in [0, 0.05) is 29.4 Å². The standard InChI is InChI=1S/C25H24ClF3N6O2/c26-17-1-3-20-15(5-17)11-33(24(36)37-19(8-27)9-28)12-22-31-32-23(35(20)22)16-6-25(7-16)13-34(14-25)21-4-2-18(29)10-30-21/h1-5,10,16,19H,6-9,11-14H2. The first kappa shape index (κ1) is 24.0. The molecule has 0 N–H and O–H groups in total. The van der Waals surface area contributed by atoms with E-state index in [2.05, 4.69) is 20.1 Å². The Morgan fingerprint density at radius 3 is 2.62 bits per heavy atom. The van der Waals surface area contributed by atoms with Gasteiger partial charge < -0.3 is 9.64 Å². The second kappa shape index (κ2) is 9.20. The fraction of sp³-hybridized carbons (Fsp3) is 0.440. The highest BCUT2D eigenvalue weighted by Gasteiger charge is 2.54. The Morgan fingerprint density at radius 2 is 1.92 bits per heavy atom. The number of halogens is 4. The lowest BCUT2D eigenvalue weighted by atomic mass is 9.57. The van der Waals surface area contributed by atoms with Crippen LogP contribution in [0, 0.1) is 11.2 Å². The quantitative estimate of drug-likeness (QED) is 0.478. The minimum absolute atomic E-state index is 0.0747. The molecule has 0 unspecified atom stereocenters.